The maximum absolute atomic E-state index is 13.1. The van der Waals surface area contributed by atoms with Crippen LogP contribution in [0.3, 0.4) is 0 Å². The molecule has 0 fully saturated rings. The highest BCUT2D eigenvalue weighted by atomic mass is 16.7. The lowest BCUT2D eigenvalue weighted by Gasteiger charge is -2.46. The van der Waals surface area contributed by atoms with Crippen molar-refractivity contribution in [2.45, 2.75) is 31.2 Å². The summed E-state index contributed by atoms with van der Waals surface area (Å²) in [6.45, 7) is 5.70. The van der Waals surface area contributed by atoms with Gasteiger partial charge in [-0.2, -0.15) is 0 Å². The van der Waals surface area contributed by atoms with Crippen LogP contribution in [-0.4, -0.2) is 6.10 Å². The predicted molar refractivity (Wildman–Crippen MR) is 125 cm³/mol. The lowest BCUT2D eigenvalue weighted by Crippen LogP contribution is -2.48. The summed E-state index contributed by atoms with van der Waals surface area (Å²) in [7, 11) is 0. The third-order valence-electron chi connectivity index (χ3n) is 6.40. The van der Waals surface area contributed by atoms with E-state index in [2.05, 4.69) is 6.58 Å². The van der Waals surface area contributed by atoms with Crippen molar-refractivity contribution in [3.05, 3.63) is 113 Å². The molecular weight excluding hydrogens is 416 g/mol. The first-order valence-corrected chi connectivity index (χ1v) is 11.0. The monoisotopic (exact) mass is 438 g/mol. The van der Waals surface area contributed by atoms with Gasteiger partial charge in [0.15, 0.2) is 0 Å². The fraction of sp³-hybridized carbons (Fsp3) is 0.179. The van der Waals surface area contributed by atoms with Gasteiger partial charge < -0.3 is 18.6 Å². The van der Waals surface area contributed by atoms with E-state index >= 15 is 0 Å². The van der Waals surface area contributed by atoms with Crippen LogP contribution >= 0.6 is 0 Å². The zero-order valence-corrected chi connectivity index (χ0v) is 18.1. The third-order valence-corrected chi connectivity index (χ3v) is 6.40. The van der Waals surface area contributed by atoms with Crippen LogP contribution in [0.5, 0.6) is 17.2 Å². The molecule has 0 saturated carbocycles. The SMILES string of the molecule is C=CC(C)Oc1ccc([C@@]23C[C@@H](c4ccccc4O2)c2c(c4ccccc4oc2=O)O3)cc1. The largest absolute Gasteiger partial charge is 0.487 e. The van der Waals surface area contributed by atoms with Crippen molar-refractivity contribution in [3.63, 3.8) is 0 Å². The maximum atomic E-state index is 13.1. The molecule has 5 heteroatoms. The van der Waals surface area contributed by atoms with Gasteiger partial charge in [0.1, 0.15) is 28.9 Å². The molecule has 2 aliphatic rings. The molecule has 0 radical (unpaired) electrons. The molecule has 164 valence electrons. The second-order valence-electron chi connectivity index (χ2n) is 8.46. The summed E-state index contributed by atoms with van der Waals surface area (Å²) < 4.78 is 24.7. The number of para-hydroxylation sites is 2. The summed E-state index contributed by atoms with van der Waals surface area (Å²) in [5, 5.41) is 0.754. The highest BCUT2D eigenvalue weighted by molar-refractivity contribution is 5.85. The molecule has 3 heterocycles. The van der Waals surface area contributed by atoms with Crippen molar-refractivity contribution in [2.75, 3.05) is 0 Å². The van der Waals surface area contributed by atoms with Crippen molar-refractivity contribution < 1.29 is 18.6 Å². The molecule has 2 bridgehead atoms. The van der Waals surface area contributed by atoms with E-state index < -0.39 is 5.79 Å². The predicted octanol–water partition coefficient (Wildman–Crippen LogP) is 5.91. The molecule has 0 spiro atoms. The molecule has 6 rings (SSSR count). The van der Waals surface area contributed by atoms with E-state index in [1.54, 1.807) is 12.1 Å². The summed E-state index contributed by atoms with van der Waals surface area (Å²) in [4.78, 5) is 13.1. The van der Waals surface area contributed by atoms with Crippen LogP contribution in [0.15, 0.2) is 94.7 Å². The Bertz CT molecular complexity index is 1440. The van der Waals surface area contributed by atoms with E-state index in [4.69, 9.17) is 18.6 Å². The second-order valence-corrected chi connectivity index (χ2v) is 8.46. The van der Waals surface area contributed by atoms with Crippen molar-refractivity contribution in [1.82, 2.24) is 0 Å². The zero-order chi connectivity index (χ0) is 22.6. The smallest absolute Gasteiger partial charge is 0.343 e. The first kappa shape index (κ1) is 19.7. The Kier molecular flexibility index (Phi) is 4.34. The van der Waals surface area contributed by atoms with Gasteiger partial charge in [0.2, 0.25) is 0 Å². The molecule has 4 aromatic rings. The van der Waals surface area contributed by atoms with E-state index in [0.717, 1.165) is 22.3 Å². The Morgan fingerprint density at radius 1 is 1.03 bits per heavy atom. The molecule has 5 nitrogen and oxygen atoms in total. The average Bonchev–Trinajstić information content (AvgIpc) is 2.84. The third kappa shape index (κ3) is 3.04. The second kappa shape index (κ2) is 7.27. The van der Waals surface area contributed by atoms with Crippen LogP contribution in [0.4, 0.5) is 0 Å². The van der Waals surface area contributed by atoms with Gasteiger partial charge in [-0.1, -0.05) is 43.0 Å². The Labute approximate surface area is 190 Å². The normalized spacial score (nSPS) is 21.2. The van der Waals surface area contributed by atoms with Crippen molar-refractivity contribution in [3.8, 4) is 17.2 Å². The first-order chi connectivity index (χ1) is 16.1. The van der Waals surface area contributed by atoms with Crippen LogP contribution < -0.4 is 19.8 Å². The molecule has 0 amide bonds. The minimum atomic E-state index is -1.08. The molecular formula is C28H22O5. The Morgan fingerprint density at radius 3 is 2.61 bits per heavy atom. The van der Waals surface area contributed by atoms with Crippen LogP contribution in [0.25, 0.3) is 11.0 Å². The van der Waals surface area contributed by atoms with Crippen molar-refractivity contribution in [2.24, 2.45) is 0 Å². The van der Waals surface area contributed by atoms with Gasteiger partial charge >= 0.3 is 5.63 Å². The number of fused-ring (bicyclic) bond motifs is 8. The van der Waals surface area contributed by atoms with E-state index in [0.29, 0.717) is 29.1 Å². The van der Waals surface area contributed by atoms with Crippen LogP contribution in [0, 0.1) is 0 Å². The number of hydrogen-bond donors (Lipinski definition) is 0. The highest BCUT2D eigenvalue weighted by Crippen LogP contribution is 2.55. The maximum Gasteiger partial charge on any atom is 0.343 e. The first-order valence-electron chi connectivity index (χ1n) is 11.0. The summed E-state index contributed by atoms with van der Waals surface area (Å²) in [6.07, 6.45) is 2.11. The zero-order valence-electron chi connectivity index (χ0n) is 18.1. The topological polar surface area (TPSA) is 57.9 Å². The highest BCUT2D eigenvalue weighted by Gasteiger charge is 2.51. The summed E-state index contributed by atoms with van der Waals surface area (Å²) in [5.74, 6) is 0.667. The summed E-state index contributed by atoms with van der Waals surface area (Å²) in [6, 6.07) is 22.9. The van der Waals surface area contributed by atoms with Gasteiger partial charge in [0.05, 0.1) is 10.9 Å². The Hall–Kier alpha value is -3.99. The number of rotatable bonds is 4. The summed E-state index contributed by atoms with van der Waals surface area (Å²) in [5.41, 5.74) is 2.47. The van der Waals surface area contributed by atoms with E-state index in [-0.39, 0.29) is 17.6 Å². The van der Waals surface area contributed by atoms with Gasteiger partial charge in [-0.3, -0.25) is 0 Å². The molecule has 1 unspecified atom stereocenters. The standard InChI is InChI=1S/C28H22O5/c1-3-17(2)30-19-14-12-18(13-15-19)28-16-22(20-8-4-7-11-24(20)32-28)25-26(33-28)21-9-5-6-10-23(21)31-27(25)29/h3-15,17,22H,1,16H2,2H3/t17?,22-,28-/m0/s1. The van der Waals surface area contributed by atoms with E-state index in [1.165, 1.54) is 0 Å². The van der Waals surface area contributed by atoms with Crippen molar-refractivity contribution in [1.29, 1.82) is 0 Å². The van der Waals surface area contributed by atoms with Crippen LogP contribution in [0.2, 0.25) is 0 Å². The minimum absolute atomic E-state index is 0.0976. The molecule has 3 aromatic carbocycles. The number of ether oxygens (including phenoxy) is 3. The average molecular weight is 438 g/mol. The molecule has 1 aromatic heterocycles. The van der Waals surface area contributed by atoms with E-state index in [1.807, 2.05) is 73.7 Å². The fourth-order valence-corrected chi connectivity index (χ4v) is 4.78. The van der Waals surface area contributed by atoms with Gasteiger partial charge in [0.25, 0.3) is 5.79 Å². The van der Waals surface area contributed by atoms with Gasteiger partial charge in [0, 0.05) is 23.5 Å². The molecule has 3 atom stereocenters. The van der Waals surface area contributed by atoms with Gasteiger partial charge in [-0.25, -0.2) is 4.79 Å². The lowest BCUT2D eigenvalue weighted by atomic mass is 9.78. The van der Waals surface area contributed by atoms with Crippen molar-refractivity contribution >= 4 is 11.0 Å². The van der Waals surface area contributed by atoms with Crippen LogP contribution in [0.1, 0.15) is 36.0 Å². The number of hydrogen-bond acceptors (Lipinski definition) is 5. The fourth-order valence-electron chi connectivity index (χ4n) is 4.78. The molecule has 2 aliphatic heterocycles. The molecule has 0 saturated heterocycles. The number of benzene rings is 3. The molecule has 33 heavy (non-hydrogen) atoms. The van der Waals surface area contributed by atoms with E-state index in [9.17, 15) is 4.79 Å². The Balaban J connectivity index is 1.55. The molecule has 0 N–H and O–H groups in total. The van der Waals surface area contributed by atoms with Gasteiger partial charge in [-0.05, 0) is 49.4 Å². The minimum Gasteiger partial charge on any atom is -0.487 e. The Morgan fingerprint density at radius 2 is 1.79 bits per heavy atom. The quantitative estimate of drug-likeness (QED) is 0.293. The summed E-state index contributed by atoms with van der Waals surface area (Å²) >= 11 is 0. The molecule has 0 aliphatic carbocycles. The van der Waals surface area contributed by atoms with Crippen LogP contribution in [-0.2, 0) is 5.79 Å². The lowest BCUT2D eigenvalue weighted by molar-refractivity contribution is -0.148. The van der Waals surface area contributed by atoms with Gasteiger partial charge in [-0.15, -0.1) is 0 Å².